The number of rotatable bonds is 6. The van der Waals surface area contributed by atoms with Crippen molar-refractivity contribution in [2.75, 3.05) is 7.05 Å². The van der Waals surface area contributed by atoms with Gasteiger partial charge in [0.25, 0.3) is 0 Å². The molecule has 3 aromatic rings. The molecule has 3 rings (SSSR count). The summed E-state index contributed by atoms with van der Waals surface area (Å²) in [6.45, 7) is 8.24. The smallest absolute Gasteiger partial charge is 0.1000 e. The van der Waals surface area contributed by atoms with E-state index in [9.17, 15) is 4.21 Å². The summed E-state index contributed by atoms with van der Waals surface area (Å²) in [5.74, 6) is 0. The van der Waals surface area contributed by atoms with Crippen molar-refractivity contribution in [3.8, 4) is 0 Å². The number of benzene rings is 3. The van der Waals surface area contributed by atoms with Crippen molar-refractivity contribution in [2.45, 2.75) is 38.5 Å². The topological polar surface area (TPSA) is 20.3 Å². The lowest BCUT2D eigenvalue weighted by atomic mass is 10.1. The van der Waals surface area contributed by atoms with E-state index in [0.717, 1.165) is 0 Å². The number of hydrogen-bond acceptors (Lipinski definition) is 1. The van der Waals surface area contributed by atoms with E-state index in [-0.39, 0.29) is 10.8 Å². The first-order valence-corrected chi connectivity index (χ1v) is 12.4. The van der Waals surface area contributed by atoms with Crippen LogP contribution in [-0.2, 0) is 11.0 Å². The van der Waals surface area contributed by atoms with Gasteiger partial charge in [-0.15, -0.1) is 0 Å². The van der Waals surface area contributed by atoms with Crippen molar-refractivity contribution in [2.24, 2.45) is 0 Å². The fourth-order valence-electron chi connectivity index (χ4n) is 3.40. The zero-order valence-corrected chi connectivity index (χ0v) is 19.6. The number of nitrogens with zero attached hydrogens (tertiary/aromatic N) is 1. The summed E-state index contributed by atoms with van der Waals surface area (Å²) in [4.78, 5) is 0. The van der Waals surface area contributed by atoms with Gasteiger partial charge in [0.1, 0.15) is 0 Å². The van der Waals surface area contributed by atoms with Gasteiger partial charge in [-0.25, -0.2) is 8.51 Å². The second-order valence-electron chi connectivity index (χ2n) is 8.15. The minimum atomic E-state index is -1.08. The SMILES string of the molecule is C[C@@H](c1ccccc1P(c1ccccc1)c1ccccc1)N(C)S(=O)C(C)(C)C. The molecule has 29 heavy (non-hydrogen) atoms. The van der Waals surface area contributed by atoms with Gasteiger partial charge in [0.15, 0.2) is 0 Å². The molecule has 0 saturated heterocycles. The Morgan fingerprint density at radius 2 is 1.24 bits per heavy atom. The van der Waals surface area contributed by atoms with Crippen molar-refractivity contribution in [1.82, 2.24) is 4.31 Å². The Labute approximate surface area is 179 Å². The summed E-state index contributed by atoms with van der Waals surface area (Å²) in [6, 6.07) is 30.1. The minimum absolute atomic E-state index is 0.0451. The Kier molecular flexibility index (Phi) is 7.05. The van der Waals surface area contributed by atoms with Crippen molar-refractivity contribution in [1.29, 1.82) is 0 Å². The maximum absolute atomic E-state index is 13.0. The monoisotopic (exact) mass is 423 g/mol. The highest BCUT2D eigenvalue weighted by atomic mass is 32.2. The normalized spacial score (nSPS) is 14.2. The van der Waals surface area contributed by atoms with Crippen molar-refractivity contribution in [3.63, 3.8) is 0 Å². The second kappa shape index (κ2) is 9.34. The van der Waals surface area contributed by atoms with Gasteiger partial charge in [-0.1, -0.05) is 84.9 Å². The highest BCUT2D eigenvalue weighted by molar-refractivity contribution is 7.84. The molecule has 152 valence electrons. The molecule has 0 radical (unpaired) electrons. The van der Waals surface area contributed by atoms with E-state index in [2.05, 4.69) is 91.9 Å². The van der Waals surface area contributed by atoms with Crippen LogP contribution in [0.5, 0.6) is 0 Å². The minimum Gasteiger partial charge on any atom is -0.242 e. The largest absolute Gasteiger partial charge is 0.242 e. The van der Waals surface area contributed by atoms with E-state index in [0.29, 0.717) is 0 Å². The first-order chi connectivity index (χ1) is 13.8. The van der Waals surface area contributed by atoms with E-state index in [1.54, 1.807) is 0 Å². The summed E-state index contributed by atoms with van der Waals surface area (Å²) >= 11 is 0. The highest BCUT2D eigenvalue weighted by Gasteiger charge is 2.30. The van der Waals surface area contributed by atoms with Crippen LogP contribution in [0.3, 0.4) is 0 Å². The van der Waals surface area contributed by atoms with Crippen molar-refractivity contribution in [3.05, 3.63) is 90.5 Å². The third kappa shape index (κ3) is 5.04. The van der Waals surface area contributed by atoms with E-state index < -0.39 is 18.9 Å². The molecule has 0 N–H and O–H groups in total. The van der Waals surface area contributed by atoms with Crippen molar-refractivity contribution < 1.29 is 4.21 Å². The molecule has 2 atom stereocenters. The molecule has 0 aromatic heterocycles. The van der Waals surface area contributed by atoms with Gasteiger partial charge in [0, 0.05) is 13.1 Å². The van der Waals surface area contributed by atoms with Crippen LogP contribution in [0.2, 0.25) is 0 Å². The molecule has 0 aliphatic rings. The van der Waals surface area contributed by atoms with Gasteiger partial charge in [0.2, 0.25) is 0 Å². The van der Waals surface area contributed by atoms with Gasteiger partial charge in [-0.3, -0.25) is 0 Å². The molecule has 0 bridgehead atoms. The Morgan fingerprint density at radius 3 is 1.72 bits per heavy atom. The van der Waals surface area contributed by atoms with Crippen LogP contribution < -0.4 is 15.9 Å². The van der Waals surface area contributed by atoms with Gasteiger partial charge < -0.3 is 0 Å². The molecule has 0 aliphatic heterocycles. The average Bonchev–Trinajstić information content (AvgIpc) is 2.73. The fourth-order valence-corrected chi connectivity index (χ4v) is 7.21. The van der Waals surface area contributed by atoms with Gasteiger partial charge >= 0.3 is 0 Å². The maximum atomic E-state index is 13.0. The van der Waals surface area contributed by atoms with Crippen molar-refractivity contribution >= 4 is 34.8 Å². The van der Waals surface area contributed by atoms with Gasteiger partial charge in [0.05, 0.1) is 15.7 Å². The predicted molar refractivity (Wildman–Crippen MR) is 129 cm³/mol. The lowest BCUT2D eigenvalue weighted by Gasteiger charge is -2.32. The molecular formula is C25H30NOPS. The molecule has 3 aromatic carbocycles. The van der Waals surface area contributed by atoms with E-state index in [1.165, 1.54) is 21.5 Å². The van der Waals surface area contributed by atoms with Crippen LogP contribution in [-0.4, -0.2) is 20.3 Å². The molecule has 0 heterocycles. The predicted octanol–water partition coefficient (Wildman–Crippen LogP) is 4.90. The Morgan fingerprint density at radius 1 is 0.793 bits per heavy atom. The quantitative estimate of drug-likeness (QED) is 0.517. The summed E-state index contributed by atoms with van der Waals surface area (Å²) < 4.78 is 14.8. The summed E-state index contributed by atoms with van der Waals surface area (Å²) in [5, 5.41) is 3.98. The molecule has 4 heteroatoms. The first-order valence-electron chi connectivity index (χ1n) is 9.94. The first kappa shape index (κ1) is 21.9. The maximum Gasteiger partial charge on any atom is 0.1000 e. The van der Waals surface area contributed by atoms with Crippen LogP contribution in [0, 0.1) is 0 Å². The van der Waals surface area contributed by atoms with Gasteiger partial charge in [-0.05, 0) is 57.1 Å². The summed E-state index contributed by atoms with van der Waals surface area (Å²) in [6.07, 6.45) is 0. The molecule has 0 aliphatic carbocycles. The third-order valence-corrected chi connectivity index (χ3v) is 9.39. The molecule has 0 spiro atoms. The Hall–Kier alpha value is -1.80. The van der Waals surface area contributed by atoms with E-state index >= 15 is 0 Å². The van der Waals surface area contributed by atoms with Crippen LogP contribution in [0.25, 0.3) is 0 Å². The molecule has 1 unspecified atom stereocenters. The summed E-state index contributed by atoms with van der Waals surface area (Å²) in [7, 11) is 0.189. The average molecular weight is 424 g/mol. The molecule has 0 saturated carbocycles. The third-order valence-electron chi connectivity index (χ3n) is 4.99. The second-order valence-corrected chi connectivity index (χ2v) is 12.6. The highest BCUT2D eigenvalue weighted by Crippen LogP contribution is 2.37. The Bertz CT molecular complexity index is 914. The van der Waals surface area contributed by atoms with E-state index in [4.69, 9.17) is 0 Å². The lowest BCUT2D eigenvalue weighted by Crippen LogP contribution is -2.38. The van der Waals surface area contributed by atoms with E-state index in [1.807, 2.05) is 32.1 Å². The van der Waals surface area contributed by atoms with Crippen LogP contribution >= 0.6 is 7.92 Å². The molecule has 0 amide bonds. The van der Waals surface area contributed by atoms with Crippen LogP contribution in [0.15, 0.2) is 84.9 Å². The molecule has 0 fully saturated rings. The zero-order chi connectivity index (χ0) is 21.0. The van der Waals surface area contributed by atoms with Crippen LogP contribution in [0.4, 0.5) is 0 Å². The van der Waals surface area contributed by atoms with Gasteiger partial charge in [-0.2, -0.15) is 0 Å². The molecular weight excluding hydrogens is 393 g/mol. The molecule has 2 nitrogen and oxygen atoms in total. The fraction of sp³-hybridized carbons (Fsp3) is 0.280. The zero-order valence-electron chi connectivity index (χ0n) is 17.9. The Balaban J connectivity index is 2.11. The lowest BCUT2D eigenvalue weighted by molar-refractivity contribution is 0.419. The summed E-state index contributed by atoms with van der Waals surface area (Å²) in [5.41, 5.74) is 1.24. The van der Waals surface area contributed by atoms with Crippen LogP contribution in [0.1, 0.15) is 39.3 Å². The number of hydrogen-bond donors (Lipinski definition) is 0. The standard InChI is InChI=1S/C25H30NOPS/c1-20(26(5)29(27)25(2,3)4)23-18-12-13-19-24(23)28(21-14-8-6-9-15-21)22-16-10-7-11-17-22/h6-20H,1-5H3/t20-,29?/m0/s1.